The Morgan fingerprint density at radius 1 is 0.718 bits per heavy atom. The summed E-state index contributed by atoms with van der Waals surface area (Å²) in [7, 11) is 0. The molecule has 6 atom stereocenters. The van der Waals surface area contributed by atoms with Crippen molar-refractivity contribution in [3.8, 4) is 0 Å². The lowest BCUT2D eigenvalue weighted by molar-refractivity contribution is -0.305. The molecule has 1 heterocycles. The predicted octanol–water partition coefficient (Wildman–Crippen LogP) is 4.40. The van der Waals surface area contributed by atoms with Crippen molar-refractivity contribution in [2.75, 3.05) is 26.4 Å². The predicted molar refractivity (Wildman–Crippen MR) is 150 cm³/mol. The molecule has 0 saturated carbocycles. The molecule has 6 unspecified atom stereocenters. The topological polar surface area (TPSA) is 135 Å². The zero-order chi connectivity index (χ0) is 28.7. The minimum absolute atomic E-state index is 0.110. The molecule has 232 valence electrons. The van der Waals surface area contributed by atoms with Gasteiger partial charge in [-0.1, -0.05) is 104 Å². The smallest absolute Gasteiger partial charge is 0.306 e. The van der Waals surface area contributed by atoms with Gasteiger partial charge in [-0.15, -0.1) is 0 Å². The van der Waals surface area contributed by atoms with Gasteiger partial charge in [-0.3, -0.25) is 4.79 Å². The van der Waals surface area contributed by atoms with Crippen molar-refractivity contribution in [3.05, 3.63) is 0 Å². The van der Waals surface area contributed by atoms with Crippen LogP contribution in [0.1, 0.15) is 123 Å². The molecule has 0 radical (unpaired) electrons. The van der Waals surface area contributed by atoms with E-state index in [1.807, 2.05) is 0 Å². The van der Waals surface area contributed by atoms with Gasteiger partial charge in [-0.2, -0.15) is 0 Å². The van der Waals surface area contributed by atoms with Crippen LogP contribution in [0.5, 0.6) is 0 Å². The highest BCUT2D eigenvalue weighted by Gasteiger charge is 2.44. The van der Waals surface area contributed by atoms with E-state index in [0.29, 0.717) is 13.0 Å². The highest BCUT2D eigenvalue weighted by Crippen LogP contribution is 2.22. The number of aliphatic hydroxyl groups excluding tert-OH is 4. The zero-order valence-corrected chi connectivity index (χ0v) is 24.6. The lowest BCUT2D eigenvalue weighted by atomic mass is 9.99. The van der Waals surface area contributed by atoms with Gasteiger partial charge < -0.3 is 39.4 Å². The number of hydrogen-bond donors (Lipinski definition) is 4. The quantitative estimate of drug-likeness (QED) is 0.0943. The Bertz CT molecular complexity index is 575. The van der Waals surface area contributed by atoms with Crippen LogP contribution in [0.4, 0.5) is 0 Å². The van der Waals surface area contributed by atoms with Crippen LogP contribution in [0.2, 0.25) is 0 Å². The Morgan fingerprint density at radius 3 is 1.82 bits per heavy atom. The van der Waals surface area contributed by atoms with Crippen LogP contribution in [-0.4, -0.2) is 89.6 Å². The molecule has 9 heteroatoms. The van der Waals surface area contributed by atoms with E-state index in [9.17, 15) is 25.2 Å². The molecule has 0 spiro atoms. The second-order valence-electron chi connectivity index (χ2n) is 10.9. The lowest BCUT2D eigenvalue weighted by Crippen LogP contribution is -2.59. The van der Waals surface area contributed by atoms with E-state index in [-0.39, 0.29) is 19.2 Å². The number of esters is 1. The number of ether oxygens (including phenoxy) is 4. The molecule has 0 amide bonds. The second-order valence-corrected chi connectivity index (χ2v) is 10.9. The highest BCUT2D eigenvalue weighted by molar-refractivity contribution is 5.69. The first kappa shape index (κ1) is 36.2. The molecule has 1 rings (SSSR count). The van der Waals surface area contributed by atoms with Crippen molar-refractivity contribution in [2.45, 2.75) is 160 Å². The molecule has 0 aromatic rings. The van der Waals surface area contributed by atoms with Crippen molar-refractivity contribution in [1.82, 2.24) is 0 Å². The van der Waals surface area contributed by atoms with Crippen molar-refractivity contribution in [1.29, 1.82) is 0 Å². The molecule has 1 saturated heterocycles. The summed E-state index contributed by atoms with van der Waals surface area (Å²) >= 11 is 0. The summed E-state index contributed by atoms with van der Waals surface area (Å²) in [5, 5.41) is 39.5. The molecule has 9 nitrogen and oxygen atoms in total. The van der Waals surface area contributed by atoms with Gasteiger partial charge in [-0.25, -0.2) is 0 Å². The van der Waals surface area contributed by atoms with E-state index in [0.717, 1.165) is 32.1 Å². The molecule has 1 fully saturated rings. The average Bonchev–Trinajstić information content (AvgIpc) is 2.93. The molecule has 4 N–H and O–H groups in total. The van der Waals surface area contributed by atoms with Crippen LogP contribution in [0.3, 0.4) is 0 Å². The monoisotopic (exact) mass is 562 g/mol. The zero-order valence-electron chi connectivity index (χ0n) is 24.6. The molecule has 0 aromatic carbocycles. The number of hydrogen-bond acceptors (Lipinski definition) is 9. The van der Waals surface area contributed by atoms with E-state index < -0.39 is 43.4 Å². The molecule has 0 aliphatic carbocycles. The van der Waals surface area contributed by atoms with Gasteiger partial charge in [0.15, 0.2) is 6.29 Å². The van der Waals surface area contributed by atoms with E-state index in [1.165, 1.54) is 70.6 Å². The largest absolute Gasteiger partial charge is 0.457 e. The van der Waals surface area contributed by atoms with Crippen LogP contribution in [0.15, 0.2) is 0 Å². The van der Waals surface area contributed by atoms with Crippen LogP contribution in [0, 0.1) is 0 Å². The number of aliphatic hydroxyl groups is 4. The van der Waals surface area contributed by atoms with Crippen molar-refractivity contribution < 1.29 is 44.2 Å². The summed E-state index contributed by atoms with van der Waals surface area (Å²) in [5.74, 6) is -0.338. The highest BCUT2D eigenvalue weighted by atomic mass is 16.7. The minimum atomic E-state index is -1.53. The van der Waals surface area contributed by atoms with Crippen molar-refractivity contribution >= 4 is 5.97 Å². The Hall–Kier alpha value is -0.810. The average molecular weight is 563 g/mol. The van der Waals surface area contributed by atoms with Gasteiger partial charge in [0.05, 0.1) is 19.8 Å². The molecule has 39 heavy (non-hydrogen) atoms. The van der Waals surface area contributed by atoms with Crippen molar-refractivity contribution in [2.24, 2.45) is 0 Å². The molecule has 0 bridgehead atoms. The van der Waals surface area contributed by atoms with Gasteiger partial charge in [-0.05, 0) is 12.8 Å². The summed E-state index contributed by atoms with van der Waals surface area (Å²) in [6, 6.07) is 0. The van der Waals surface area contributed by atoms with Gasteiger partial charge in [0, 0.05) is 13.0 Å². The summed E-state index contributed by atoms with van der Waals surface area (Å²) in [4.78, 5) is 12.3. The lowest BCUT2D eigenvalue weighted by Gasteiger charge is -2.39. The third kappa shape index (κ3) is 16.9. The first-order valence-corrected chi connectivity index (χ1v) is 15.6. The summed E-state index contributed by atoms with van der Waals surface area (Å²) in [5.41, 5.74) is 0. The van der Waals surface area contributed by atoms with Crippen LogP contribution in [-0.2, 0) is 23.7 Å². The maximum atomic E-state index is 12.3. The number of unbranched alkanes of at least 4 members (excludes halogenated alkanes) is 14. The van der Waals surface area contributed by atoms with Gasteiger partial charge >= 0.3 is 5.97 Å². The molecule has 1 aliphatic heterocycles. The van der Waals surface area contributed by atoms with Gasteiger partial charge in [0.2, 0.25) is 0 Å². The summed E-state index contributed by atoms with van der Waals surface area (Å²) in [6.07, 6.45) is 12.1. The third-order valence-electron chi connectivity index (χ3n) is 7.27. The normalized spacial score (nSPS) is 24.1. The first-order valence-electron chi connectivity index (χ1n) is 15.6. The minimum Gasteiger partial charge on any atom is -0.457 e. The van der Waals surface area contributed by atoms with E-state index >= 15 is 0 Å². The fourth-order valence-electron chi connectivity index (χ4n) is 4.72. The van der Waals surface area contributed by atoms with Gasteiger partial charge in [0.1, 0.15) is 30.5 Å². The Balaban J connectivity index is 2.28. The van der Waals surface area contributed by atoms with Crippen LogP contribution >= 0.6 is 0 Å². The fourth-order valence-corrected chi connectivity index (χ4v) is 4.72. The second kappa shape index (κ2) is 23.9. The van der Waals surface area contributed by atoms with E-state index in [4.69, 9.17) is 18.9 Å². The Kier molecular flexibility index (Phi) is 22.1. The molecular formula is C30H58O9. The number of rotatable bonds is 25. The number of carbonyl (C=O) groups is 1. The van der Waals surface area contributed by atoms with E-state index in [2.05, 4.69) is 13.8 Å². The summed E-state index contributed by atoms with van der Waals surface area (Å²) < 4.78 is 22.3. The Labute approximate surface area is 236 Å². The fraction of sp³-hybridized carbons (Fsp3) is 0.967. The van der Waals surface area contributed by atoms with Crippen molar-refractivity contribution in [3.63, 3.8) is 0 Å². The third-order valence-corrected chi connectivity index (χ3v) is 7.27. The van der Waals surface area contributed by atoms with Gasteiger partial charge in [0.25, 0.3) is 0 Å². The maximum Gasteiger partial charge on any atom is 0.306 e. The molecule has 0 aromatic heterocycles. The summed E-state index contributed by atoms with van der Waals surface area (Å²) in [6.45, 7) is 4.37. The first-order chi connectivity index (χ1) is 18.9. The van der Waals surface area contributed by atoms with E-state index in [1.54, 1.807) is 0 Å². The maximum absolute atomic E-state index is 12.3. The van der Waals surface area contributed by atoms with Crippen LogP contribution in [0.25, 0.3) is 0 Å². The van der Waals surface area contributed by atoms with Crippen LogP contribution < -0.4 is 0 Å². The standard InChI is InChI=1S/C30H58O9/c1-3-5-7-8-9-10-11-12-13-14-15-16-18-20-36-22-24(38-26(32)19-17-6-4-2)23-37-30-29(35)28(34)27(33)25(21-31)39-30/h24-25,27-31,33-35H,3-23H2,1-2H3. The molecule has 1 aliphatic rings. The molecular weight excluding hydrogens is 504 g/mol. The Morgan fingerprint density at radius 2 is 1.26 bits per heavy atom. The SMILES string of the molecule is CCCCCCCCCCCCCCCOCC(COC1OC(CO)C(O)C(O)C1O)OC(=O)CCCCC. The number of carbonyl (C=O) groups excluding carboxylic acids is 1.